The van der Waals surface area contributed by atoms with E-state index in [1.165, 1.54) is 17.8 Å². The first-order chi connectivity index (χ1) is 10.1. The number of nitrogens with one attached hydrogen (secondary N) is 1. The van der Waals surface area contributed by atoms with Crippen molar-refractivity contribution >= 4 is 17.6 Å². The topological polar surface area (TPSA) is 47.0 Å². The standard InChI is InChI=1S/C14H15F2N3OS/c1-3-17-12-7-14(19-13(18-12)8-20-2)21-9-4-5-10(15)11(16)6-9/h4-7H,3,8H2,1-2H3,(H,17,18,19). The van der Waals surface area contributed by atoms with E-state index in [4.69, 9.17) is 4.74 Å². The molecule has 21 heavy (non-hydrogen) atoms. The Hall–Kier alpha value is -1.73. The molecule has 0 aliphatic rings. The van der Waals surface area contributed by atoms with Crippen LogP contribution in [0.15, 0.2) is 34.2 Å². The van der Waals surface area contributed by atoms with Crippen molar-refractivity contribution < 1.29 is 13.5 Å². The fraction of sp³-hybridized carbons (Fsp3) is 0.286. The van der Waals surface area contributed by atoms with Crippen LogP contribution in [0.4, 0.5) is 14.6 Å². The molecule has 2 rings (SSSR count). The van der Waals surface area contributed by atoms with Gasteiger partial charge in [-0.2, -0.15) is 0 Å². The van der Waals surface area contributed by atoms with Crippen molar-refractivity contribution in [2.75, 3.05) is 19.0 Å². The minimum absolute atomic E-state index is 0.282. The molecule has 0 spiro atoms. The van der Waals surface area contributed by atoms with Crippen molar-refractivity contribution in [3.8, 4) is 0 Å². The molecular weight excluding hydrogens is 296 g/mol. The largest absolute Gasteiger partial charge is 0.377 e. The summed E-state index contributed by atoms with van der Waals surface area (Å²) in [7, 11) is 1.56. The number of aromatic nitrogens is 2. The second-order valence-corrected chi connectivity index (χ2v) is 5.24. The first-order valence-corrected chi connectivity index (χ1v) is 7.17. The minimum atomic E-state index is -0.877. The van der Waals surface area contributed by atoms with Crippen molar-refractivity contribution in [2.45, 2.75) is 23.5 Å². The van der Waals surface area contributed by atoms with Gasteiger partial charge in [-0.1, -0.05) is 11.8 Å². The van der Waals surface area contributed by atoms with E-state index in [1.807, 2.05) is 6.92 Å². The van der Waals surface area contributed by atoms with E-state index in [0.717, 1.165) is 18.7 Å². The van der Waals surface area contributed by atoms with Gasteiger partial charge in [-0.15, -0.1) is 0 Å². The van der Waals surface area contributed by atoms with Gasteiger partial charge in [0, 0.05) is 24.6 Å². The molecule has 0 atom stereocenters. The Bertz CT molecular complexity index is 601. The van der Waals surface area contributed by atoms with E-state index in [1.54, 1.807) is 13.2 Å². The fourth-order valence-corrected chi connectivity index (χ4v) is 2.51. The summed E-state index contributed by atoms with van der Waals surface area (Å²) in [5.41, 5.74) is 0. The molecule has 0 aliphatic carbocycles. The van der Waals surface area contributed by atoms with Gasteiger partial charge in [-0.25, -0.2) is 18.7 Å². The van der Waals surface area contributed by atoms with Crippen LogP contribution in [0.2, 0.25) is 0 Å². The Kier molecular flexibility index (Phi) is 5.46. The lowest BCUT2D eigenvalue weighted by molar-refractivity contribution is 0.177. The Labute approximate surface area is 126 Å². The molecule has 4 nitrogen and oxygen atoms in total. The molecule has 0 saturated heterocycles. The Balaban J connectivity index is 2.26. The molecule has 1 aromatic heterocycles. The van der Waals surface area contributed by atoms with Gasteiger partial charge in [0.05, 0.1) is 0 Å². The van der Waals surface area contributed by atoms with Gasteiger partial charge < -0.3 is 10.1 Å². The van der Waals surface area contributed by atoms with Gasteiger partial charge in [0.2, 0.25) is 0 Å². The van der Waals surface area contributed by atoms with E-state index in [0.29, 0.717) is 21.6 Å². The van der Waals surface area contributed by atoms with E-state index >= 15 is 0 Å². The maximum Gasteiger partial charge on any atom is 0.159 e. The summed E-state index contributed by atoms with van der Waals surface area (Å²) in [6.45, 7) is 2.96. The molecule has 0 bridgehead atoms. The molecule has 0 saturated carbocycles. The van der Waals surface area contributed by atoms with Crippen LogP contribution in [-0.2, 0) is 11.3 Å². The molecule has 1 heterocycles. The second kappa shape index (κ2) is 7.33. The van der Waals surface area contributed by atoms with Gasteiger partial charge >= 0.3 is 0 Å². The molecule has 1 aromatic carbocycles. The van der Waals surface area contributed by atoms with Crippen LogP contribution in [0, 0.1) is 11.6 Å². The van der Waals surface area contributed by atoms with Crippen LogP contribution in [0.25, 0.3) is 0 Å². The highest BCUT2D eigenvalue weighted by molar-refractivity contribution is 7.99. The summed E-state index contributed by atoms with van der Waals surface area (Å²) >= 11 is 1.24. The average Bonchev–Trinajstić information content (AvgIpc) is 2.43. The lowest BCUT2D eigenvalue weighted by Gasteiger charge is -2.08. The number of hydrogen-bond acceptors (Lipinski definition) is 5. The zero-order valence-corrected chi connectivity index (χ0v) is 12.5. The van der Waals surface area contributed by atoms with Gasteiger partial charge in [-0.3, -0.25) is 0 Å². The van der Waals surface area contributed by atoms with Gasteiger partial charge in [-0.05, 0) is 25.1 Å². The van der Waals surface area contributed by atoms with E-state index in [9.17, 15) is 8.78 Å². The smallest absolute Gasteiger partial charge is 0.159 e. The van der Waals surface area contributed by atoms with Crippen molar-refractivity contribution in [1.82, 2.24) is 9.97 Å². The van der Waals surface area contributed by atoms with E-state index in [2.05, 4.69) is 15.3 Å². The highest BCUT2D eigenvalue weighted by Crippen LogP contribution is 2.28. The summed E-state index contributed by atoms with van der Waals surface area (Å²) in [4.78, 5) is 9.18. The number of methoxy groups -OCH3 is 1. The summed E-state index contributed by atoms with van der Waals surface area (Å²) in [5.74, 6) is -0.542. The number of nitrogens with zero attached hydrogens (tertiary/aromatic N) is 2. The number of hydrogen-bond donors (Lipinski definition) is 1. The number of ether oxygens (including phenoxy) is 1. The lowest BCUT2D eigenvalue weighted by Crippen LogP contribution is -2.05. The predicted octanol–water partition coefficient (Wildman–Crippen LogP) is 3.48. The number of halogens is 2. The van der Waals surface area contributed by atoms with Crippen LogP contribution in [0.5, 0.6) is 0 Å². The highest BCUT2D eigenvalue weighted by Gasteiger charge is 2.08. The van der Waals surface area contributed by atoms with Crippen LogP contribution in [0.3, 0.4) is 0 Å². The Morgan fingerprint density at radius 2 is 2.00 bits per heavy atom. The summed E-state index contributed by atoms with van der Waals surface area (Å²) in [5, 5.41) is 3.74. The van der Waals surface area contributed by atoms with Crippen molar-refractivity contribution in [3.63, 3.8) is 0 Å². The number of benzene rings is 1. The maximum atomic E-state index is 13.2. The van der Waals surface area contributed by atoms with Crippen LogP contribution >= 0.6 is 11.8 Å². The molecule has 0 radical (unpaired) electrons. The van der Waals surface area contributed by atoms with Crippen molar-refractivity contribution in [3.05, 3.63) is 41.7 Å². The molecule has 112 valence electrons. The molecule has 7 heteroatoms. The van der Waals surface area contributed by atoms with E-state index in [-0.39, 0.29) is 6.61 Å². The molecule has 2 aromatic rings. The summed E-state index contributed by atoms with van der Waals surface area (Å²) in [6, 6.07) is 5.51. The van der Waals surface area contributed by atoms with Crippen LogP contribution in [-0.4, -0.2) is 23.6 Å². The van der Waals surface area contributed by atoms with Gasteiger partial charge in [0.15, 0.2) is 17.5 Å². The normalized spacial score (nSPS) is 10.7. The fourth-order valence-electron chi connectivity index (χ4n) is 1.65. The number of rotatable bonds is 6. The van der Waals surface area contributed by atoms with Gasteiger partial charge in [0.25, 0.3) is 0 Å². The lowest BCUT2D eigenvalue weighted by atomic mass is 10.3. The molecule has 0 amide bonds. The summed E-state index contributed by atoms with van der Waals surface area (Å²) < 4.78 is 31.2. The zero-order valence-electron chi connectivity index (χ0n) is 11.7. The molecule has 0 fully saturated rings. The predicted molar refractivity (Wildman–Crippen MR) is 77.4 cm³/mol. The third-order valence-corrected chi connectivity index (χ3v) is 3.40. The first-order valence-electron chi connectivity index (χ1n) is 6.36. The Morgan fingerprint density at radius 3 is 2.67 bits per heavy atom. The maximum absolute atomic E-state index is 13.2. The van der Waals surface area contributed by atoms with Crippen LogP contribution in [0.1, 0.15) is 12.7 Å². The van der Waals surface area contributed by atoms with Crippen LogP contribution < -0.4 is 5.32 Å². The molecule has 0 unspecified atom stereocenters. The van der Waals surface area contributed by atoms with Crippen molar-refractivity contribution in [2.24, 2.45) is 0 Å². The first kappa shape index (κ1) is 15.7. The second-order valence-electron chi connectivity index (χ2n) is 4.15. The minimum Gasteiger partial charge on any atom is -0.377 e. The van der Waals surface area contributed by atoms with Gasteiger partial charge in [0.1, 0.15) is 17.5 Å². The molecule has 0 aliphatic heterocycles. The summed E-state index contributed by atoms with van der Waals surface area (Å²) in [6.07, 6.45) is 0. The third kappa shape index (κ3) is 4.37. The van der Waals surface area contributed by atoms with Crippen molar-refractivity contribution in [1.29, 1.82) is 0 Å². The average molecular weight is 311 g/mol. The molecular formula is C14H15F2N3OS. The highest BCUT2D eigenvalue weighted by atomic mass is 32.2. The monoisotopic (exact) mass is 311 g/mol. The Morgan fingerprint density at radius 1 is 1.19 bits per heavy atom. The third-order valence-electron chi connectivity index (χ3n) is 2.49. The zero-order chi connectivity index (χ0) is 15.2. The molecule has 1 N–H and O–H groups in total. The van der Waals surface area contributed by atoms with E-state index < -0.39 is 11.6 Å². The quantitative estimate of drug-likeness (QED) is 0.828. The SMILES string of the molecule is CCNc1cc(Sc2ccc(F)c(F)c2)nc(COC)n1. The number of anilines is 1.